The molecule has 2 amide bonds. The lowest BCUT2D eigenvalue weighted by Crippen LogP contribution is -2.56. The first-order valence-electron chi connectivity index (χ1n) is 11.1. The molecule has 1 aromatic rings. The highest BCUT2D eigenvalue weighted by Gasteiger charge is 2.53. The predicted molar refractivity (Wildman–Crippen MR) is 111 cm³/mol. The molecule has 4 aliphatic rings. The van der Waals surface area contributed by atoms with Crippen molar-refractivity contribution in [3.8, 4) is 12.1 Å². The van der Waals surface area contributed by atoms with E-state index in [1.54, 1.807) is 4.90 Å². The fourth-order valence-electron chi connectivity index (χ4n) is 5.96. The molecule has 3 fully saturated rings. The number of likely N-dealkylation sites (tertiary alicyclic amines) is 3. The molecule has 2 bridgehead atoms. The van der Waals surface area contributed by atoms with Crippen LogP contribution in [0.3, 0.4) is 0 Å². The predicted octanol–water partition coefficient (Wildman–Crippen LogP) is 0.673. The van der Waals surface area contributed by atoms with Crippen molar-refractivity contribution in [1.29, 1.82) is 10.5 Å². The Labute approximate surface area is 181 Å². The van der Waals surface area contributed by atoms with E-state index < -0.39 is 6.04 Å². The molecule has 0 spiro atoms. The van der Waals surface area contributed by atoms with Gasteiger partial charge in [0.15, 0.2) is 0 Å². The third-order valence-corrected chi connectivity index (χ3v) is 7.40. The van der Waals surface area contributed by atoms with Crippen LogP contribution in [0.2, 0.25) is 0 Å². The third-order valence-electron chi connectivity index (χ3n) is 7.40. The van der Waals surface area contributed by atoms with Gasteiger partial charge in [-0.25, -0.2) is 0 Å². The summed E-state index contributed by atoms with van der Waals surface area (Å²) in [7, 11) is 0. The van der Waals surface area contributed by atoms with Crippen LogP contribution in [0.1, 0.15) is 48.4 Å². The zero-order valence-electron chi connectivity index (χ0n) is 17.4. The maximum atomic E-state index is 13.3. The average Bonchev–Trinajstić information content (AvgIpc) is 3.55. The van der Waals surface area contributed by atoms with Crippen molar-refractivity contribution in [3.05, 3.63) is 34.9 Å². The Morgan fingerprint density at radius 2 is 2.10 bits per heavy atom. The van der Waals surface area contributed by atoms with E-state index in [0.717, 1.165) is 37.8 Å². The Kier molecular flexibility index (Phi) is 4.92. The minimum Gasteiger partial charge on any atom is -0.330 e. The van der Waals surface area contributed by atoms with Gasteiger partial charge >= 0.3 is 0 Å². The van der Waals surface area contributed by atoms with Crippen LogP contribution in [0.4, 0.5) is 0 Å². The largest absolute Gasteiger partial charge is 0.330 e. The lowest BCUT2D eigenvalue weighted by molar-refractivity contribution is -0.141. The molecule has 31 heavy (non-hydrogen) atoms. The Balaban J connectivity index is 1.25. The first-order valence-corrected chi connectivity index (χ1v) is 11.1. The van der Waals surface area contributed by atoms with Crippen LogP contribution < -0.4 is 5.73 Å². The van der Waals surface area contributed by atoms with Crippen LogP contribution >= 0.6 is 0 Å². The first-order chi connectivity index (χ1) is 15.0. The van der Waals surface area contributed by atoms with E-state index in [1.807, 2.05) is 23.1 Å². The number of carbonyl (C=O) groups is 2. The highest BCUT2D eigenvalue weighted by molar-refractivity contribution is 5.87. The highest BCUT2D eigenvalue weighted by atomic mass is 16.2. The van der Waals surface area contributed by atoms with Crippen molar-refractivity contribution < 1.29 is 9.59 Å². The van der Waals surface area contributed by atoms with E-state index in [4.69, 9.17) is 11.0 Å². The molecule has 2 N–H and O–H groups in total. The summed E-state index contributed by atoms with van der Waals surface area (Å²) in [6.07, 6.45) is 4.08. The van der Waals surface area contributed by atoms with Gasteiger partial charge < -0.3 is 15.5 Å². The number of nitrogens with zero attached hydrogens (tertiary/aromatic N) is 5. The molecule has 8 heteroatoms. The van der Waals surface area contributed by atoms with Crippen molar-refractivity contribution >= 4 is 11.8 Å². The van der Waals surface area contributed by atoms with Crippen molar-refractivity contribution in [3.63, 3.8) is 0 Å². The Morgan fingerprint density at radius 1 is 1.26 bits per heavy atom. The van der Waals surface area contributed by atoms with Gasteiger partial charge in [0.05, 0.1) is 35.8 Å². The Morgan fingerprint density at radius 3 is 2.84 bits per heavy atom. The van der Waals surface area contributed by atoms with E-state index in [2.05, 4.69) is 17.0 Å². The number of amides is 2. The molecule has 8 nitrogen and oxygen atoms in total. The zero-order chi connectivity index (χ0) is 21.7. The standard InChI is InChI=1S/C23H26N6O2/c24-10-14-3-5-18-15(8-14)4-6-20(18)29-17-9-21(23(29)31)27(12-17)13-19(26)22(30)28-7-1-2-16(28)11-25/h3,5,8,16-17,19-21H,1-2,4,6-7,9,12-13,26H2/t16?,17?,19-,20?,21?/m0/s1. The van der Waals surface area contributed by atoms with Crippen molar-refractivity contribution in [2.45, 2.75) is 62.3 Å². The molecule has 4 unspecified atom stereocenters. The van der Waals surface area contributed by atoms with Crippen molar-refractivity contribution in [1.82, 2.24) is 14.7 Å². The van der Waals surface area contributed by atoms with Gasteiger partial charge in [-0.3, -0.25) is 14.5 Å². The molecule has 1 aliphatic carbocycles. The molecule has 0 saturated carbocycles. The van der Waals surface area contributed by atoms with Gasteiger partial charge in [0.1, 0.15) is 6.04 Å². The number of nitriles is 2. The van der Waals surface area contributed by atoms with E-state index in [0.29, 0.717) is 25.1 Å². The van der Waals surface area contributed by atoms with Crippen LogP contribution in [0.25, 0.3) is 0 Å². The molecule has 3 saturated heterocycles. The second-order valence-electron chi connectivity index (χ2n) is 9.11. The van der Waals surface area contributed by atoms with Crippen LogP contribution in [-0.4, -0.2) is 70.3 Å². The number of aryl methyl sites for hydroxylation is 1. The topological polar surface area (TPSA) is 117 Å². The van der Waals surface area contributed by atoms with Crippen LogP contribution in [0.5, 0.6) is 0 Å². The number of nitrogens with two attached hydrogens (primary N) is 1. The van der Waals surface area contributed by atoms with Gasteiger partial charge in [0.25, 0.3) is 0 Å². The summed E-state index contributed by atoms with van der Waals surface area (Å²) < 4.78 is 0. The zero-order valence-corrected chi connectivity index (χ0v) is 17.4. The van der Waals surface area contributed by atoms with E-state index in [-0.39, 0.29) is 36.0 Å². The second kappa shape index (κ2) is 7.64. The number of benzene rings is 1. The molecule has 3 heterocycles. The fraction of sp³-hybridized carbons (Fsp3) is 0.565. The van der Waals surface area contributed by atoms with Crippen molar-refractivity contribution in [2.75, 3.05) is 19.6 Å². The monoisotopic (exact) mass is 418 g/mol. The molecule has 0 aromatic heterocycles. The lowest BCUT2D eigenvalue weighted by atomic mass is 10.0. The molecule has 5 atom stereocenters. The summed E-state index contributed by atoms with van der Waals surface area (Å²) in [5.41, 5.74) is 9.22. The van der Waals surface area contributed by atoms with Crippen LogP contribution in [0, 0.1) is 22.7 Å². The number of hydrogen-bond acceptors (Lipinski definition) is 6. The molecular formula is C23H26N6O2. The van der Waals surface area contributed by atoms with Crippen LogP contribution in [0.15, 0.2) is 18.2 Å². The maximum Gasteiger partial charge on any atom is 0.241 e. The number of rotatable bonds is 4. The fourth-order valence-corrected chi connectivity index (χ4v) is 5.96. The van der Waals surface area contributed by atoms with E-state index >= 15 is 0 Å². The summed E-state index contributed by atoms with van der Waals surface area (Å²) in [6.45, 7) is 1.65. The summed E-state index contributed by atoms with van der Waals surface area (Å²) in [6, 6.07) is 9.03. The minimum atomic E-state index is -0.717. The van der Waals surface area contributed by atoms with Crippen LogP contribution in [-0.2, 0) is 16.0 Å². The maximum absolute atomic E-state index is 13.3. The summed E-state index contributed by atoms with van der Waals surface area (Å²) >= 11 is 0. The number of hydrogen-bond donors (Lipinski definition) is 1. The third kappa shape index (κ3) is 3.18. The van der Waals surface area contributed by atoms with Gasteiger partial charge in [-0.2, -0.15) is 10.5 Å². The minimum absolute atomic E-state index is 0.0729. The average molecular weight is 419 g/mol. The van der Waals surface area contributed by atoms with Gasteiger partial charge in [-0.15, -0.1) is 0 Å². The van der Waals surface area contributed by atoms with Gasteiger partial charge in [0.2, 0.25) is 11.8 Å². The number of carbonyl (C=O) groups excluding carboxylic acids is 2. The Hall–Kier alpha value is -2.94. The first kappa shape index (κ1) is 20.0. The highest BCUT2D eigenvalue weighted by Crippen LogP contribution is 2.44. The Bertz CT molecular complexity index is 1010. The van der Waals surface area contributed by atoms with Crippen molar-refractivity contribution in [2.24, 2.45) is 5.73 Å². The smallest absolute Gasteiger partial charge is 0.241 e. The second-order valence-corrected chi connectivity index (χ2v) is 9.11. The van der Waals surface area contributed by atoms with Gasteiger partial charge in [0, 0.05) is 25.7 Å². The van der Waals surface area contributed by atoms with E-state index in [1.165, 1.54) is 5.56 Å². The van der Waals surface area contributed by atoms with Gasteiger partial charge in [-0.05, 0) is 55.4 Å². The summed E-state index contributed by atoms with van der Waals surface area (Å²) in [5, 5.41) is 18.4. The molecule has 5 rings (SSSR count). The molecular weight excluding hydrogens is 392 g/mol. The molecule has 160 valence electrons. The summed E-state index contributed by atoms with van der Waals surface area (Å²) in [4.78, 5) is 31.7. The summed E-state index contributed by atoms with van der Waals surface area (Å²) in [5.74, 6) is -0.0664. The quantitative estimate of drug-likeness (QED) is 0.768. The molecule has 1 aromatic carbocycles. The lowest BCUT2D eigenvalue weighted by Gasteiger charge is -2.38. The van der Waals surface area contributed by atoms with E-state index in [9.17, 15) is 14.9 Å². The number of fused-ring (bicyclic) bond motifs is 3. The molecule has 0 radical (unpaired) electrons. The molecule has 3 aliphatic heterocycles. The SMILES string of the molecule is N#Cc1ccc2c(c1)CCC2N1C(=O)C2CC1CN2C[C@H](N)C(=O)N1CCCC1C#N. The number of piperazine rings is 1. The van der Waals surface area contributed by atoms with Gasteiger partial charge in [-0.1, -0.05) is 6.07 Å². The normalized spacial score (nSPS) is 30.4.